The van der Waals surface area contributed by atoms with Crippen molar-refractivity contribution in [2.24, 2.45) is 0 Å². The van der Waals surface area contributed by atoms with Crippen molar-refractivity contribution >= 4 is 34.3 Å². The maximum Gasteiger partial charge on any atom is 0.330 e. The third-order valence-electron chi connectivity index (χ3n) is 4.91. The van der Waals surface area contributed by atoms with E-state index in [1.807, 2.05) is 12.1 Å². The van der Waals surface area contributed by atoms with Gasteiger partial charge in [-0.2, -0.15) is 0 Å². The van der Waals surface area contributed by atoms with Crippen LogP contribution in [0.4, 0.5) is 4.39 Å². The van der Waals surface area contributed by atoms with Crippen molar-refractivity contribution in [1.29, 1.82) is 0 Å². The molecule has 0 saturated carbocycles. The molecule has 7 heteroatoms. The van der Waals surface area contributed by atoms with Crippen LogP contribution < -0.4 is 0 Å². The van der Waals surface area contributed by atoms with Crippen LogP contribution in [0.1, 0.15) is 31.1 Å². The van der Waals surface area contributed by atoms with Gasteiger partial charge in [-0.05, 0) is 41.8 Å². The largest absolute Gasteiger partial charge is 0.454 e. The van der Waals surface area contributed by atoms with Gasteiger partial charge in [0.1, 0.15) is 5.82 Å². The molecule has 31 heavy (non-hydrogen) atoms. The number of imide groups is 1. The van der Waals surface area contributed by atoms with Gasteiger partial charge >= 0.3 is 5.97 Å². The number of Topliss-reactive ketones (excluding diaryl/α,β-unsaturated/α-hetero) is 1. The zero-order chi connectivity index (χ0) is 22.0. The van der Waals surface area contributed by atoms with Gasteiger partial charge in [-0.1, -0.05) is 30.3 Å². The van der Waals surface area contributed by atoms with E-state index in [9.17, 15) is 23.6 Å². The molecule has 1 aliphatic heterocycles. The van der Waals surface area contributed by atoms with E-state index in [0.29, 0.717) is 16.5 Å². The van der Waals surface area contributed by atoms with Crippen molar-refractivity contribution in [2.75, 3.05) is 13.2 Å². The molecule has 0 bridgehead atoms. The van der Waals surface area contributed by atoms with Crippen molar-refractivity contribution in [3.63, 3.8) is 0 Å². The monoisotopic (exact) mass is 417 g/mol. The Morgan fingerprint density at radius 3 is 2.13 bits per heavy atom. The van der Waals surface area contributed by atoms with E-state index in [-0.39, 0.29) is 12.1 Å². The van der Waals surface area contributed by atoms with Gasteiger partial charge in [0.05, 0.1) is 0 Å². The van der Waals surface area contributed by atoms with Crippen LogP contribution >= 0.6 is 0 Å². The Hall–Kier alpha value is -4.13. The van der Waals surface area contributed by atoms with Gasteiger partial charge in [0.25, 0.3) is 11.8 Å². The fraction of sp³-hybridized carbons (Fsp3) is 0.0833. The molecule has 0 aromatic heterocycles. The Kier molecular flexibility index (Phi) is 5.41. The Morgan fingerprint density at radius 2 is 1.52 bits per heavy atom. The molecule has 1 heterocycles. The number of rotatable bonds is 6. The molecule has 154 valence electrons. The van der Waals surface area contributed by atoms with E-state index >= 15 is 0 Å². The highest BCUT2D eigenvalue weighted by molar-refractivity contribution is 6.25. The van der Waals surface area contributed by atoms with Crippen molar-refractivity contribution in [2.45, 2.75) is 0 Å². The quantitative estimate of drug-likeness (QED) is 0.265. The molecule has 0 radical (unpaired) electrons. The van der Waals surface area contributed by atoms with E-state index in [1.54, 1.807) is 24.3 Å². The van der Waals surface area contributed by atoms with Gasteiger partial charge < -0.3 is 4.74 Å². The second-order valence-corrected chi connectivity index (χ2v) is 6.87. The summed E-state index contributed by atoms with van der Waals surface area (Å²) in [6.07, 6.45) is 2.38. The molecule has 0 saturated heterocycles. The summed E-state index contributed by atoms with van der Waals surface area (Å²) in [7, 11) is 0. The lowest BCUT2D eigenvalue weighted by Gasteiger charge is -2.26. The lowest BCUT2D eigenvalue weighted by atomic mass is 9.94. The average Bonchev–Trinajstić information content (AvgIpc) is 2.78. The number of hydrogen-bond donors (Lipinski definition) is 0. The molecule has 0 spiro atoms. The van der Waals surface area contributed by atoms with Crippen LogP contribution in [0.2, 0.25) is 0 Å². The van der Waals surface area contributed by atoms with E-state index < -0.39 is 36.0 Å². The zero-order valence-electron chi connectivity index (χ0n) is 16.2. The van der Waals surface area contributed by atoms with E-state index in [0.717, 1.165) is 28.5 Å². The SMILES string of the molecule is O=C(/C=C/CN1C(=O)c2cccc3cccc(c23)C1=O)OCC(=O)c1ccc(F)cc1. The molecular formula is C24H16FNO5. The van der Waals surface area contributed by atoms with Crippen LogP contribution in [0.3, 0.4) is 0 Å². The highest BCUT2D eigenvalue weighted by atomic mass is 19.1. The van der Waals surface area contributed by atoms with Crippen LogP contribution in [0.15, 0.2) is 72.8 Å². The number of benzene rings is 3. The van der Waals surface area contributed by atoms with Crippen LogP contribution in [-0.2, 0) is 9.53 Å². The maximum absolute atomic E-state index is 12.9. The number of esters is 1. The van der Waals surface area contributed by atoms with Crippen molar-refractivity contribution in [3.8, 4) is 0 Å². The number of nitrogens with zero attached hydrogens (tertiary/aromatic N) is 1. The minimum absolute atomic E-state index is 0.122. The number of ketones is 1. The molecule has 4 rings (SSSR count). The first kappa shape index (κ1) is 20.2. The van der Waals surface area contributed by atoms with Crippen LogP contribution in [0, 0.1) is 5.82 Å². The third-order valence-corrected chi connectivity index (χ3v) is 4.91. The summed E-state index contributed by atoms with van der Waals surface area (Å²) in [4.78, 5) is 50.4. The topological polar surface area (TPSA) is 80.8 Å². The maximum atomic E-state index is 12.9. The Labute approximate surface area is 176 Å². The molecular weight excluding hydrogens is 401 g/mol. The predicted molar refractivity (Wildman–Crippen MR) is 110 cm³/mol. The number of carbonyl (C=O) groups is 4. The molecule has 0 atom stereocenters. The lowest BCUT2D eigenvalue weighted by molar-refractivity contribution is -0.136. The standard InChI is InChI=1S/C24H16FNO5/c25-17-11-9-15(10-12-17)20(27)14-31-21(28)8-3-13-26-23(29)18-6-1-4-16-5-2-7-19(22(16)18)24(26)30/h1-12H,13-14H2/b8-3+. The summed E-state index contributed by atoms with van der Waals surface area (Å²) in [5.41, 5.74) is 1.07. The molecule has 6 nitrogen and oxygen atoms in total. The highest BCUT2D eigenvalue weighted by Crippen LogP contribution is 2.29. The minimum Gasteiger partial charge on any atom is -0.454 e. The number of ether oxygens (including phenoxy) is 1. The number of halogens is 1. The first-order valence-corrected chi connectivity index (χ1v) is 9.45. The minimum atomic E-state index is -0.796. The molecule has 0 N–H and O–H groups in total. The number of amides is 2. The number of carbonyl (C=O) groups excluding carboxylic acids is 4. The van der Waals surface area contributed by atoms with Gasteiger partial charge in [0, 0.05) is 34.7 Å². The molecule has 3 aromatic carbocycles. The fourth-order valence-corrected chi connectivity index (χ4v) is 3.40. The van der Waals surface area contributed by atoms with Gasteiger partial charge in [-0.25, -0.2) is 9.18 Å². The van der Waals surface area contributed by atoms with Gasteiger partial charge in [0.2, 0.25) is 0 Å². The molecule has 0 unspecified atom stereocenters. The van der Waals surface area contributed by atoms with Crippen molar-refractivity contribution < 1.29 is 28.3 Å². The Morgan fingerprint density at radius 1 is 0.903 bits per heavy atom. The second kappa shape index (κ2) is 8.31. The third kappa shape index (κ3) is 3.98. The highest BCUT2D eigenvalue weighted by Gasteiger charge is 2.31. The fourth-order valence-electron chi connectivity index (χ4n) is 3.40. The Balaban J connectivity index is 1.39. The van der Waals surface area contributed by atoms with E-state index in [1.165, 1.54) is 18.2 Å². The summed E-state index contributed by atoms with van der Waals surface area (Å²) in [5.74, 6) is -2.64. The molecule has 0 aliphatic carbocycles. The molecule has 2 amide bonds. The van der Waals surface area contributed by atoms with Crippen LogP contribution in [0.5, 0.6) is 0 Å². The lowest BCUT2D eigenvalue weighted by Crippen LogP contribution is -2.40. The molecule has 0 fully saturated rings. The predicted octanol–water partition coefficient (Wildman–Crippen LogP) is 3.56. The zero-order valence-corrected chi connectivity index (χ0v) is 16.2. The van der Waals surface area contributed by atoms with Crippen LogP contribution in [-0.4, -0.2) is 41.6 Å². The first-order valence-electron chi connectivity index (χ1n) is 9.45. The average molecular weight is 417 g/mol. The summed E-state index contributed by atoms with van der Waals surface area (Å²) in [5, 5.41) is 1.43. The summed E-state index contributed by atoms with van der Waals surface area (Å²) in [6.45, 7) is -0.630. The second-order valence-electron chi connectivity index (χ2n) is 6.87. The van der Waals surface area contributed by atoms with E-state index in [2.05, 4.69) is 0 Å². The summed E-state index contributed by atoms with van der Waals surface area (Å²) >= 11 is 0. The van der Waals surface area contributed by atoms with Crippen molar-refractivity contribution in [3.05, 3.63) is 95.3 Å². The molecule has 1 aliphatic rings. The first-order chi connectivity index (χ1) is 15.0. The van der Waals surface area contributed by atoms with Gasteiger partial charge in [-0.15, -0.1) is 0 Å². The van der Waals surface area contributed by atoms with Gasteiger partial charge in [0.15, 0.2) is 12.4 Å². The van der Waals surface area contributed by atoms with E-state index in [4.69, 9.17) is 4.74 Å². The molecule has 3 aromatic rings. The smallest absolute Gasteiger partial charge is 0.330 e. The Bertz CT molecular complexity index is 1200. The normalized spacial score (nSPS) is 13.1. The number of hydrogen-bond acceptors (Lipinski definition) is 5. The van der Waals surface area contributed by atoms with Gasteiger partial charge in [-0.3, -0.25) is 19.3 Å². The van der Waals surface area contributed by atoms with Crippen molar-refractivity contribution in [1.82, 2.24) is 4.90 Å². The summed E-state index contributed by atoms with van der Waals surface area (Å²) in [6, 6.07) is 15.4. The van der Waals surface area contributed by atoms with Crippen LogP contribution in [0.25, 0.3) is 10.8 Å². The summed E-state index contributed by atoms with van der Waals surface area (Å²) < 4.78 is 17.8.